The van der Waals surface area contributed by atoms with Gasteiger partial charge in [0, 0.05) is 45.6 Å². The van der Waals surface area contributed by atoms with Gasteiger partial charge in [0.05, 0.1) is 5.92 Å². The van der Waals surface area contributed by atoms with Crippen molar-refractivity contribution in [1.82, 2.24) is 15.1 Å². The van der Waals surface area contributed by atoms with Crippen LogP contribution in [0.25, 0.3) is 0 Å². The van der Waals surface area contributed by atoms with Gasteiger partial charge in [-0.05, 0) is 25.3 Å². The predicted molar refractivity (Wildman–Crippen MR) is 82.0 cm³/mol. The summed E-state index contributed by atoms with van der Waals surface area (Å²) in [6, 6.07) is -0.375. The van der Waals surface area contributed by atoms with Crippen LogP contribution in [0.1, 0.15) is 19.3 Å². The van der Waals surface area contributed by atoms with Crippen LogP contribution in [0.4, 0.5) is 18.0 Å². The van der Waals surface area contributed by atoms with Crippen molar-refractivity contribution in [3.63, 3.8) is 0 Å². The zero-order valence-electron chi connectivity index (χ0n) is 13.8. The fourth-order valence-corrected chi connectivity index (χ4v) is 3.41. The summed E-state index contributed by atoms with van der Waals surface area (Å²) >= 11 is 0. The minimum absolute atomic E-state index is 0.0127. The topological polar surface area (TPSA) is 78.7 Å². The molecule has 0 aromatic carbocycles. The maximum atomic E-state index is 13.0. The van der Waals surface area contributed by atoms with E-state index in [0.717, 1.165) is 6.42 Å². The Morgan fingerprint density at radius 1 is 1.33 bits per heavy atom. The number of likely N-dealkylation sites (tertiary alicyclic amines) is 2. The summed E-state index contributed by atoms with van der Waals surface area (Å²) in [6.07, 6.45) is -3.20. The molecule has 138 valence electrons. The second-order valence-electron chi connectivity index (χ2n) is 6.74. The number of urea groups is 1. The van der Waals surface area contributed by atoms with E-state index in [9.17, 15) is 22.8 Å². The maximum absolute atomic E-state index is 13.0. The molecule has 3 amide bonds. The number of piperidine rings is 2. The van der Waals surface area contributed by atoms with Crippen molar-refractivity contribution in [3.8, 4) is 0 Å². The molecule has 0 radical (unpaired) electrons. The van der Waals surface area contributed by atoms with Gasteiger partial charge in [-0.2, -0.15) is 13.2 Å². The molecule has 0 spiro atoms. The van der Waals surface area contributed by atoms with E-state index >= 15 is 0 Å². The Morgan fingerprint density at radius 2 is 2.04 bits per heavy atom. The number of carbonyl (C=O) groups excluding carboxylic acids is 2. The number of amides is 3. The van der Waals surface area contributed by atoms with Crippen LogP contribution in [0.15, 0.2) is 0 Å². The summed E-state index contributed by atoms with van der Waals surface area (Å²) in [5.74, 6) is -2.09. The van der Waals surface area contributed by atoms with Crippen molar-refractivity contribution >= 4 is 11.9 Å². The first kappa shape index (κ1) is 18.8. The van der Waals surface area contributed by atoms with Crippen LogP contribution < -0.4 is 11.1 Å². The first-order valence-electron chi connectivity index (χ1n) is 8.26. The molecule has 2 aliphatic rings. The van der Waals surface area contributed by atoms with Crippen molar-refractivity contribution in [1.29, 1.82) is 0 Å². The number of hydrogen-bond donors (Lipinski definition) is 2. The number of nitrogens with one attached hydrogen (secondary N) is 1. The van der Waals surface area contributed by atoms with Gasteiger partial charge in [-0.3, -0.25) is 4.79 Å². The largest absolute Gasteiger partial charge is 0.392 e. The van der Waals surface area contributed by atoms with Crippen molar-refractivity contribution in [2.24, 2.45) is 23.5 Å². The number of nitrogens with two attached hydrogens (primary N) is 1. The van der Waals surface area contributed by atoms with Crippen LogP contribution in [-0.2, 0) is 4.79 Å². The fourth-order valence-electron chi connectivity index (χ4n) is 3.41. The number of alkyl halides is 3. The Labute approximate surface area is 139 Å². The van der Waals surface area contributed by atoms with Crippen molar-refractivity contribution in [2.45, 2.75) is 25.4 Å². The summed E-state index contributed by atoms with van der Waals surface area (Å²) in [5.41, 5.74) is 5.47. The number of hydrogen-bond acceptors (Lipinski definition) is 3. The van der Waals surface area contributed by atoms with E-state index in [4.69, 9.17) is 5.73 Å². The molecular weight excluding hydrogens is 325 g/mol. The molecule has 3 atom stereocenters. The highest BCUT2D eigenvalue weighted by Gasteiger charge is 2.47. The third-order valence-corrected chi connectivity index (χ3v) is 5.05. The second kappa shape index (κ2) is 7.58. The minimum Gasteiger partial charge on any atom is -0.346 e. The van der Waals surface area contributed by atoms with E-state index < -0.39 is 18.0 Å². The molecule has 2 saturated heterocycles. The second-order valence-corrected chi connectivity index (χ2v) is 6.74. The van der Waals surface area contributed by atoms with Crippen LogP contribution >= 0.6 is 0 Å². The molecule has 2 fully saturated rings. The quantitative estimate of drug-likeness (QED) is 0.798. The average molecular weight is 350 g/mol. The van der Waals surface area contributed by atoms with Gasteiger partial charge in [0.25, 0.3) is 0 Å². The standard InChI is InChI=1S/C15H25F3N4O2/c1-21-4-2-10(6-13(21)23)8-20-14(24)22-5-3-12(15(16,17)18)11(7-19)9-22/h10-12H,2-9,19H2,1H3,(H,20,24). The number of nitrogens with zero attached hydrogens (tertiary/aromatic N) is 2. The summed E-state index contributed by atoms with van der Waals surface area (Å²) < 4.78 is 38.9. The Balaban J connectivity index is 1.82. The molecule has 0 aromatic rings. The molecule has 0 aromatic heterocycles. The van der Waals surface area contributed by atoms with Gasteiger partial charge in [-0.15, -0.1) is 0 Å². The number of rotatable bonds is 3. The monoisotopic (exact) mass is 350 g/mol. The van der Waals surface area contributed by atoms with Crippen LogP contribution in [0.3, 0.4) is 0 Å². The molecule has 9 heteroatoms. The predicted octanol–water partition coefficient (Wildman–Crippen LogP) is 1.02. The van der Waals surface area contributed by atoms with Crippen molar-refractivity contribution < 1.29 is 22.8 Å². The average Bonchev–Trinajstić information content (AvgIpc) is 2.54. The fraction of sp³-hybridized carbons (Fsp3) is 0.867. The summed E-state index contributed by atoms with van der Waals surface area (Å²) in [5, 5.41) is 2.75. The third kappa shape index (κ3) is 4.52. The Bertz CT molecular complexity index is 472. The molecule has 0 bridgehead atoms. The first-order chi connectivity index (χ1) is 11.2. The third-order valence-electron chi connectivity index (χ3n) is 5.05. The lowest BCUT2D eigenvalue weighted by Crippen LogP contribution is -2.53. The highest BCUT2D eigenvalue weighted by atomic mass is 19.4. The zero-order chi connectivity index (χ0) is 17.9. The Morgan fingerprint density at radius 3 is 2.62 bits per heavy atom. The van der Waals surface area contributed by atoms with E-state index in [0.29, 0.717) is 19.5 Å². The van der Waals surface area contributed by atoms with Gasteiger partial charge >= 0.3 is 12.2 Å². The molecule has 3 N–H and O–H groups in total. The molecule has 0 aliphatic carbocycles. The molecule has 2 rings (SSSR count). The van der Waals surface area contributed by atoms with Gasteiger partial charge in [0.2, 0.25) is 5.91 Å². The lowest BCUT2D eigenvalue weighted by atomic mass is 9.85. The lowest BCUT2D eigenvalue weighted by Gasteiger charge is -2.39. The normalized spacial score (nSPS) is 28.9. The van der Waals surface area contributed by atoms with Crippen LogP contribution in [-0.4, -0.2) is 67.7 Å². The van der Waals surface area contributed by atoms with Crippen LogP contribution in [0.2, 0.25) is 0 Å². The highest BCUT2D eigenvalue weighted by Crippen LogP contribution is 2.37. The van der Waals surface area contributed by atoms with Gasteiger partial charge in [-0.1, -0.05) is 0 Å². The van der Waals surface area contributed by atoms with E-state index in [1.54, 1.807) is 11.9 Å². The number of carbonyl (C=O) groups is 2. The molecular formula is C15H25F3N4O2. The van der Waals surface area contributed by atoms with E-state index in [-0.39, 0.29) is 43.9 Å². The minimum atomic E-state index is -4.28. The summed E-state index contributed by atoms with van der Waals surface area (Å²) in [6.45, 7) is 1.01. The molecule has 2 heterocycles. The molecule has 3 unspecified atom stereocenters. The number of halogens is 3. The van der Waals surface area contributed by atoms with Gasteiger partial charge in [0.1, 0.15) is 0 Å². The smallest absolute Gasteiger partial charge is 0.346 e. The first-order valence-corrected chi connectivity index (χ1v) is 8.26. The maximum Gasteiger partial charge on any atom is 0.392 e. The molecule has 24 heavy (non-hydrogen) atoms. The summed E-state index contributed by atoms with van der Waals surface area (Å²) in [7, 11) is 1.74. The molecule has 0 saturated carbocycles. The van der Waals surface area contributed by atoms with Gasteiger partial charge in [0.15, 0.2) is 0 Å². The van der Waals surface area contributed by atoms with E-state index in [1.165, 1.54) is 4.90 Å². The van der Waals surface area contributed by atoms with Crippen molar-refractivity contribution in [2.75, 3.05) is 39.8 Å². The Kier molecular flexibility index (Phi) is 5.95. The van der Waals surface area contributed by atoms with Gasteiger partial charge in [-0.25, -0.2) is 4.79 Å². The molecule has 6 nitrogen and oxygen atoms in total. The summed E-state index contributed by atoms with van der Waals surface area (Å²) in [4.78, 5) is 26.9. The SMILES string of the molecule is CN1CCC(CNC(=O)N2CCC(C(F)(F)F)C(CN)C2)CC1=O. The van der Waals surface area contributed by atoms with E-state index in [2.05, 4.69) is 5.32 Å². The zero-order valence-corrected chi connectivity index (χ0v) is 13.8. The van der Waals surface area contributed by atoms with E-state index in [1.807, 2.05) is 0 Å². The Hall–Kier alpha value is -1.51. The van der Waals surface area contributed by atoms with Crippen molar-refractivity contribution in [3.05, 3.63) is 0 Å². The van der Waals surface area contributed by atoms with Gasteiger partial charge < -0.3 is 20.9 Å². The molecule has 2 aliphatic heterocycles. The lowest BCUT2D eigenvalue weighted by molar-refractivity contribution is -0.197. The van der Waals surface area contributed by atoms with Crippen LogP contribution in [0.5, 0.6) is 0 Å². The van der Waals surface area contributed by atoms with Crippen LogP contribution in [0, 0.1) is 17.8 Å². The highest BCUT2D eigenvalue weighted by molar-refractivity contribution is 5.77.